The maximum atomic E-state index is 8.82. The van der Waals surface area contributed by atoms with Crippen LogP contribution in [-0.2, 0) is 28.5 Å². The molecule has 0 aromatic carbocycles. The third kappa shape index (κ3) is 3.39. The number of hydrogen-bond donors (Lipinski definition) is 0. The van der Waals surface area contributed by atoms with Crippen LogP contribution in [0.4, 0.5) is 0 Å². The van der Waals surface area contributed by atoms with Crippen molar-refractivity contribution in [1.29, 1.82) is 5.26 Å². The van der Waals surface area contributed by atoms with E-state index in [9.17, 15) is 0 Å². The summed E-state index contributed by atoms with van der Waals surface area (Å²) in [4.78, 5) is 6.55. The van der Waals surface area contributed by atoms with Crippen LogP contribution in [0.25, 0.3) is 0 Å². The molecule has 5 atom stereocenters. The highest BCUT2D eigenvalue weighted by atomic mass is 16.9. The summed E-state index contributed by atoms with van der Waals surface area (Å²) in [6.45, 7) is 7.70. The molecule has 3 heterocycles. The van der Waals surface area contributed by atoms with Crippen LogP contribution in [-0.4, -0.2) is 68.3 Å². The summed E-state index contributed by atoms with van der Waals surface area (Å²) in [7, 11) is 2.77. The molecule has 3 aliphatic rings. The maximum absolute atomic E-state index is 8.82. The van der Waals surface area contributed by atoms with Gasteiger partial charge in [-0.2, -0.15) is 0 Å². The lowest BCUT2D eigenvalue weighted by Gasteiger charge is -2.41. The van der Waals surface area contributed by atoms with Crippen LogP contribution in [0.5, 0.6) is 0 Å². The standard InChI is InChI=1S/C14H22BN2O6/c1-13(2)20-9-8(6-17(18-5)15-7-16)19-12-11(10(9)21-13)22-14(3,4)23-12/h8-12H,6H2,1-5H3/q-1/t8-,9+,10+,11-,12-/m1/s1. The third-order valence-electron chi connectivity index (χ3n) is 4.05. The SMILES string of the molecule is CON([B-]C#N)C[C@H]1O[C@@H]2OC(C)(C)O[C@@H]2[C@H]2OC(C)(C)O[C@H]21. The summed E-state index contributed by atoms with van der Waals surface area (Å²) < 4.78 is 29.8. The second kappa shape index (κ2) is 5.97. The fraction of sp³-hybridized carbons (Fsp3) is 0.929. The topological polar surface area (TPSA) is 82.4 Å². The normalized spacial score (nSPS) is 40.7. The van der Waals surface area contributed by atoms with Gasteiger partial charge in [-0.3, -0.25) is 5.26 Å². The molecule has 3 fully saturated rings. The Hall–Kier alpha value is -0.725. The van der Waals surface area contributed by atoms with Gasteiger partial charge in [0.25, 0.3) is 0 Å². The van der Waals surface area contributed by atoms with Crippen LogP contribution >= 0.6 is 0 Å². The molecule has 9 heteroatoms. The highest BCUT2D eigenvalue weighted by molar-refractivity contribution is 6.41. The highest BCUT2D eigenvalue weighted by Crippen LogP contribution is 2.44. The summed E-state index contributed by atoms with van der Waals surface area (Å²) in [5, 5.41) is 8.82. The molecule has 2 radical (unpaired) electrons. The molecule has 0 spiro atoms. The average Bonchev–Trinajstić information content (AvgIpc) is 2.93. The predicted octanol–water partition coefficient (Wildman–Crippen LogP) is 0.347. The molecule has 3 saturated heterocycles. The fourth-order valence-corrected chi connectivity index (χ4v) is 3.26. The molecule has 128 valence electrons. The smallest absolute Gasteiger partial charge is 0.190 e. The van der Waals surface area contributed by atoms with Crippen molar-refractivity contribution < 1.29 is 28.5 Å². The molecule has 23 heavy (non-hydrogen) atoms. The van der Waals surface area contributed by atoms with E-state index in [0.29, 0.717) is 6.54 Å². The molecular weight excluding hydrogens is 303 g/mol. The van der Waals surface area contributed by atoms with Crippen molar-refractivity contribution in [1.82, 2.24) is 4.97 Å². The minimum absolute atomic E-state index is 0.309. The molecule has 0 aromatic heterocycles. The van der Waals surface area contributed by atoms with Crippen molar-refractivity contribution in [2.24, 2.45) is 0 Å². The second-order valence-electron chi connectivity index (χ2n) is 6.75. The summed E-state index contributed by atoms with van der Waals surface area (Å²) in [6, 6.07) is 0. The molecule has 3 rings (SSSR count). The van der Waals surface area contributed by atoms with E-state index in [-0.39, 0.29) is 24.4 Å². The number of fused-ring (bicyclic) bond motifs is 3. The van der Waals surface area contributed by atoms with E-state index < -0.39 is 17.9 Å². The summed E-state index contributed by atoms with van der Waals surface area (Å²) in [5.41, 5.74) is 0. The Morgan fingerprint density at radius 2 is 1.65 bits per heavy atom. The fourth-order valence-electron chi connectivity index (χ4n) is 3.26. The van der Waals surface area contributed by atoms with Crippen LogP contribution in [0.3, 0.4) is 0 Å². The molecule has 0 saturated carbocycles. The quantitative estimate of drug-likeness (QED) is 0.541. The Labute approximate surface area is 136 Å². The molecule has 3 aliphatic heterocycles. The maximum Gasteiger partial charge on any atom is 0.190 e. The lowest BCUT2D eigenvalue weighted by molar-refractivity contribution is -0.244. The number of nitriles is 1. The van der Waals surface area contributed by atoms with Gasteiger partial charge in [0.2, 0.25) is 0 Å². The van der Waals surface area contributed by atoms with Gasteiger partial charge in [0, 0.05) is 6.54 Å². The van der Waals surface area contributed by atoms with Gasteiger partial charge < -0.3 is 33.5 Å². The summed E-state index contributed by atoms with van der Waals surface area (Å²) >= 11 is 0. The van der Waals surface area contributed by atoms with Crippen molar-refractivity contribution in [3.8, 4) is 5.97 Å². The van der Waals surface area contributed by atoms with Crippen molar-refractivity contribution in [2.45, 2.75) is 70.0 Å². The second-order valence-corrected chi connectivity index (χ2v) is 6.75. The molecular formula is C14H22BN2O6-. The number of hydroxylamine groups is 1. The molecule has 0 N–H and O–H groups in total. The number of rotatable bonds is 4. The van der Waals surface area contributed by atoms with E-state index in [1.54, 1.807) is 0 Å². The monoisotopic (exact) mass is 325 g/mol. The van der Waals surface area contributed by atoms with E-state index in [1.165, 1.54) is 19.5 Å². The Balaban J connectivity index is 1.80. The lowest BCUT2D eigenvalue weighted by Crippen LogP contribution is -2.58. The molecule has 8 nitrogen and oxygen atoms in total. The molecule has 0 unspecified atom stereocenters. The summed E-state index contributed by atoms with van der Waals surface area (Å²) in [6.07, 6.45) is -1.94. The number of nitrogens with zero attached hydrogens (tertiary/aromatic N) is 2. The molecule has 0 bridgehead atoms. The first-order chi connectivity index (χ1) is 10.7. The minimum atomic E-state index is -0.745. The Kier molecular flexibility index (Phi) is 4.44. The van der Waals surface area contributed by atoms with Crippen LogP contribution in [0.1, 0.15) is 27.7 Å². The predicted molar refractivity (Wildman–Crippen MR) is 77.6 cm³/mol. The average molecular weight is 325 g/mol. The zero-order valence-corrected chi connectivity index (χ0v) is 14.0. The van der Waals surface area contributed by atoms with Gasteiger partial charge in [-0.25, -0.2) is 5.97 Å². The number of ether oxygens (including phenoxy) is 5. The third-order valence-corrected chi connectivity index (χ3v) is 4.05. The van der Waals surface area contributed by atoms with Crippen molar-refractivity contribution >= 4 is 7.41 Å². The first kappa shape index (κ1) is 17.1. The van der Waals surface area contributed by atoms with Gasteiger partial charge in [-0.15, -0.1) is 0 Å². The Bertz CT molecular complexity index is 496. The number of hydrogen-bond acceptors (Lipinski definition) is 8. The zero-order valence-electron chi connectivity index (χ0n) is 14.0. The lowest BCUT2D eigenvalue weighted by atomic mass is 9.94. The molecule has 0 aliphatic carbocycles. The van der Waals surface area contributed by atoms with Gasteiger partial charge in [0.1, 0.15) is 24.4 Å². The van der Waals surface area contributed by atoms with Gasteiger partial charge >= 0.3 is 0 Å². The van der Waals surface area contributed by atoms with Crippen molar-refractivity contribution in [3.63, 3.8) is 0 Å². The van der Waals surface area contributed by atoms with Gasteiger partial charge in [0.15, 0.2) is 17.9 Å². The highest BCUT2D eigenvalue weighted by Gasteiger charge is 2.60. The van der Waals surface area contributed by atoms with Crippen LogP contribution < -0.4 is 0 Å². The minimum Gasteiger partial charge on any atom is -0.410 e. The Morgan fingerprint density at radius 1 is 1.04 bits per heavy atom. The zero-order chi connectivity index (χ0) is 16.8. The first-order valence-electron chi connectivity index (χ1n) is 7.65. The van der Waals surface area contributed by atoms with Crippen molar-refractivity contribution in [2.75, 3.05) is 13.7 Å². The van der Waals surface area contributed by atoms with E-state index in [1.807, 2.05) is 33.7 Å². The molecule has 0 aromatic rings. The largest absolute Gasteiger partial charge is 0.410 e. The van der Waals surface area contributed by atoms with Crippen LogP contribution in [0.2, 0.25) is 0 Å². The van der Waals surface area contributed by atoms with Gasteiger partial charge in [-0.05, 0) is 27.7 Å². The van der Waals surface area contributed by atoms with Crippen LogP contribution in [0.15, 0.2) is 0 Å². The van der Waals surface area contributed by atoms with E-state index in [2.05, 4.69) is 0 Å². The Morgan fingerprint density at radius 3 is 2.30 bits per heavy atom. The summed E-state index contributed by atoms with van der Waals surface area (Å²) in [5.74, 6) is 0.453. The van der Waals surface area contributed by atoms with E-state index in [0.717, 1.165) is 0 Å². The van der Waals surface area contributed by atoms with Gasteiger partial charge in [0.05, 0.1) is 7.11 Å². The van der Waals surface area contributed by atoms with Crippen LogP contribution in [0, 0.1) is 11.2 Å². The molecule has 0 amide bonds. The van der Waals surface area contributed by atoms with Crippen molar-refractivity contribution in [3.05, 3.63) is 0 Å². The van der Waals surface area contributed by atoms with Gasteiger partial charge in [-0.1, -0.05) is 7.41 Å². The van der Waals surface area contributed by atoms with E-state index in [4.69, 9.17) is 33.8 Å². The first-order valence-corrected chi connectivity index (χ1v) is 7.65. The van der Waals surface area contributed by atoms with E-state index >= 15 is 0 Å².